The molecule has 0 unspecified atom stereocenters. The average Bonchev–Trinajstić information content (AvgIpc) is 2.43. The van der Waals surface area contributed by atoms with Crippen LogP contribution in [-0.4, -0.2) is 21.3 Å². The molecule has 13 heavy (non-hydrogen) atoms. The number of hydrogen-bond acceptors (Lipinski definition) is 3. The van der Waals surface area contributed by atoms with Crippen molar-refractivity contribution in [1.82, 2.24) is 14.8 Å². The Hall–Kier alpha value is -1.10. The topological polar surface area (TPSA) is 76.7 Å². The van der Waals surface area contributed by atoms with E-state index in [-0.39, 0.29) is 5.69 Å². The minimum Gasteiger partial charge on any atom is -0.330 e. The summed E-state index contributed by atoms with van der Waals surface area (Å²) in [5.74, 6) is 0.821. The summed E-state index contributed by atoms with van der Waals surface area (Å²) in [4.78, 5) is 11.0. The van der Waals surface area contributed by atoms with E-state index in [1.54, 1.807) is 11.6 Å². The van der Waals surface area contributed by atoms with Crippen LogP contribution in [0.25, 0.3) is 0 Å². The van der Waals surface area contributed by atoms with Gasteiger partial charge >= 0.3 is 5.69 Å². The van der Waals surface area contributed by atoms with E-state index in [4.69, 9.17) is 5.73 Å². The number of nitrogens with two attached hydrogens (primary N) is 1. The molecule has 0 bridgehead atoms. The lowest BCUT2D eigenvalue weighted by molar-refractivity contribution is 0.649. The van der Waals surface area contributed by atoms with Crippen LogP contribution in [0, 0.1) is 0 Å². The maximum absolute atomic E-state index is 11.0. The van der Waals surface area contributed by atoms with Crippen LogP contribution in [0.5, 0.6) is 0 Å². The maximum atomic E-state index is 11.0. The highest BCUT2D eigenvalue weighted by Gasteiger charge is 2.02. The Labute approximate surface area is 76.9 Å². The van der Waals surface area contributed by atoms with E-state index in [1.807, 2.05) is 0 Å². The van der Waals surface area contributed by atoms with Crippen molar-refractivity contribution in [2.24, 2.45) is 12.8 Å². The third-order valence-corrected chi connectivity index (χ3v) is 2.08. The first-order valence-corrected chi connectivity index (χ1v) is 4.56. The lowest BCUT2D eigenvalue weighted by Crippen LogP contribution is -2.14. The molecule has 5 heteroatoms. The number of aryl methyl sites for hydroxylation is 1. The standard InChI is InChI=1S/C8H16N4O/c1-12-7(10-11-8(12)13)5-3-2-4-6-9/h2-6,9H2,1H3,(H,11,13). The Morgan fingerprint density at radius 2 is 2.23 bits per heavy atom. The Balaban J connectivity index is 2.37. The summed E-state index contributed by atoms with van der Waals surface area (Å²) in [6.45, 7) is 0.736. The molecular weight excluding hydrogens is 168 g/mol. The van der Waals surface area contributed by atoms with Gasteiger partial charge in [0.25, 0.3) is 0 Å². The van der Waals surface area contributed by atoms with Gasteiger partial charge in [0.05, 0.1) is 0 Å². The number of rotatable bonds is 5. The second kappa shape index (κ2) is 4.81. The zero-order valence-electron chi connectivity index (χ0n) is 7.92. The fourth-order valence-corrected chi connectivity index (χ4v) is 1.21. The molecular formula is C8H16N4O. The summed E-state index contributed by atoms with van der Waals surface area (Å²) in [7, 11) is 1.73. The SMILES string of the molecule is Cn1c(CCCCCN)n[nH]c1=O. The summed E-state index contributed by atoms with van der Waals surface area (Å²) in [6.07, 6.45) is 4.01. The number of aromatic nitrogens is 3. The monoisotopic (exact) mass is 184 g/mol. The molecule has 0 atom stereocenters. The molecule has 74 valence electrons. The number of unbranched alkanes of at least 4 members (excludes halogenated alkanes) is 2. The van der Waals surface area contributed by atoms with E-state index in [9.17, 15) is 4.79 Å². The smallest absolute Gasteiger partial charge is 0.330 e. The van der Waals surface area contributed by atoms with Crippen LogP contribution in [0.15, 0.2) is 4.79 Å². The lowest BCUT2D eigenvalue weighted by atomic mass is 10.2. The molecule has 5 nitrogen and oxygen atoms in total. The highest BCUT2D eigenvalue weighted by atomic mass is 16.1. The average molecular weight is 184 g/mol. The predicted octanol–water partition coefficient (Wildman–Crippen LogP) is -0.220. The fourth-order valence-electron chi connectivity index (χ4n) is 1.21. The molecule has 0 saturated heterocycles. The summed E-state index contributed by atoms with van der Waals surface area (Å²) in [6, 6.07) is 0. The molecule has 1 aromatic rings. The molecule has 0 aromatic carbocycles. The van der Waals surface area contributed by atoms with Gasteiger partial charge in [0, 0.05) is 13.5 Å². The van der Waals surface area contributed by atoms with Gasteiger partial charge < -0.3 is 5.73 Å². The quantitative estimate of drug-likeness (QED) is 0.621. The summed E-state index contributed by atoms with van der Waals surface area (Å²) < 4.78 is 1.54. The molecule has 0 spiro atoms. The van der Waals surface area contributed by atoms with Crippen LogP contribution in [-0.2, 0) is 13.5 Å². The second-order valence-corrected chi connectivity index (χ2v) is 3.10. The largest absolute Gasteiger partial charge is 0.343 e. The van der Waals surface area contributed by atoms with Crippen molar-refractivity contribution in [3.63, 3.8) is 0 Å². The highest BCUT2D eigenvalue weighted by molar-refractivity contribution is 4.84. The number of aromatic amines is 1. The summed E-state index contributed by atoms with van der Waals surface area (Å²) in [5, 5.41) is 6.32. The zero-order chi connectivity index (χ0) is 9.68. The minimum absolute atomic E-state index is 0.145. The Bertz CT molecular complexity index is 301. The van der Waals surface area contributed by atoms with Gasteiger partial charge in [-0.15, -0.1) is 0 Å². The van der Waals surface area contributed by atoms with Gasteiger partial charge in [-0.1, -0.05) is 6.42 Å². The van der Waals surface area contributed by atoms with Crippen molar-refractivity contribution in [1.29, 1.82) is 0 Å². The molecule has 1 aromatic heterocycles. The van der Waals surface area contributed by atoms with Crippen molar-refractivity contribution in [3.05, 3.63) is 16.3 Å². The Morgan fingerprint density at radius 3 is 2.77 bits per heavy atom. The molecule has 1 rings (SSSR count). The van der Waals surface area contributed by atoms with E-state index in [0.29, 0.717) is 0 Å². The first kappa shape index (κ1) is 9.98. The number of hydrogen-bond donors (Lipinski definition) is 2. The first-order chi connectivity index (χ1) is 6.25. The van der Waals surface area contributed by atoms with E-state index in [0.717, 1.165) is 38.1 Å². The van der Waals surface area contributed by atoms with Crippen molar-refractivity contribution >= 4 is 0 Å². The van der Waals surface area contributed by atoms with Gasteiger partial charge in [-0.25, -0.2) is 9.89 Å². The van der Waals surface area contributed by atoms with Gasteiger partial charge in [-0.3, -0.25) is 4.57 Å². The van der Waals surface area contributed by atoms with Crippen molar-refractivity contribution in [2.45, 2.75) is 25.7 Å². The molecule has 3 N–H and O–H groups in total. The van der Waals surface area contributed by atoms with Crippen LogP contribution >= 0.6 is 0 Å². The van der Waals surface area contributed by atoms with Crippen LogP contribution in [0.1, 0.15) is 25.1 Å². The number of nitrogens with zero attached hydrogens (tertiary/aromatic N) is 2. The molecule has 0 aliphatic heterocycles. The van der Waals surface area contributed by atoms with Crippen LogP contribution in [0.3, 0.4) is 0 Å². The molecule has 0 aliphatic carbocycles. The first-order valence-electron chi connectivity index (χ1n) is 4.56. The number of nitrogens with one attached hydrogen (secondary N) is 1. The molecule has 1 heterocycles. The maximum Gasteiger partial charge on any atom is 0.343 e. The van der Waals surface area contributed by atoms with Crippen molar-refractivity contribution < 1.29 is 0 Å². The van der Waals surface area contributed by atoms with Crippen LogP contribution in [0.4, 0.5) is 0 Å². The van der Waals surface area contributed by atoms with Crippen molar-refractivity contribution in [2.75, 3.05) is 6.54 Å². The molecule has 0 radical (unpaired) electrons. The predicted molar refractivity (Wildman–Crippen MR) is 50.4 cm³/mol. The third kappa shape index (κ3) is 2.69. The van der Waals surface area contributed by atoms with E-state index >= 15 is 0 Å². The van der Waals surface area contributed by atoms with Crippen LogP contribution < -0.4 is 11.4 Å². The lowest BCUT2D eigenvalue weighted by Gasteiger charge is -1.98. The van der Waals surface area contributed by atoms with Gasteiger partial charge in [0.2, 0.25) is 0 Å². The highest BCUT2D eigenvalue weighted by Crippen LogP contribution is 2.00. The van der Waals surface area contributed by atoms with Gasteiger partial charge in [0.1, 0.15) is 5.82 Å². The summed E-state index contributed by atoms with van der Waals surface area (Å²) in [5.41, 5.74) is 5.22. The van der Waals surface area contributed by atoms with E-state index in [2.05, 4.69) is 10.2 Å². The summed E-state index contributed by atoms with van der Waals surface area (Å²) >= 11 is 0. The molecule has 0 aliphatic rings. The van der Waals surface area contributed by atoms with Gasteiger partial charge in [0.15, 0.2) is 0 Å². The fraction of sp³-hybridized carbons (Fsp3) is 0.750. The van der Waals surface area contributed by atoms with Crippen LogP contribution in [0.2, 0.25) is 0 Å². The molecule has 0 fully saturated rings. The van der Waals surface area contributed by atoms with Crippen molar-refractivity contribution in [3.8, 4) is 0 Å². The second-order valence-electron chi connectivity index (χ2n) is 3.10. The number of H-pyrrole nitrogens is 1. The zero-order valence-corrected chi connectivity index (χ0v) is 7.92. The Kier molecular flexibility index (Phi) is 3.70. The normalized spacial score (nSPS) is 10.6. The van der Waals surface area contributed by atoms with Gasteiger partial charge in [-0.2, -0.15) is 5.10 Å². The van der Waals surface area contributed by atoms with Gasteiger partial charge in [-0.05, 0) is 19.4 Å². The molecule has 0 saturated carbocycles. The minimum atomic E-state index is -0.145. The molecule has 0 amide bonds. The van der Waals surface area contributed by atoms with E-state index in [1.165, 1.54) is 0 Å². The third-order valence-electron chi connectivity index (χ3n) is 2.08. The Morgan fingerprint density at radius 1 is 1.46 bits per heavy atom. The van der Waals surface area contributed by atoms with E-state index < -0.39 is 0 Å².